The van der Waals surface area contributed by atoms with Crippen molar-refractivity contribution < 1.29 is 9.53 Å². The van der Waals surface area contributed by atoms with Crippen LogP contribution in [0.25, 0.3) is 0 Å². The molecule has 0 aromatic heterocycles. The highest BCUT2D eigenvalue weighted by molar-refractivity contribution is 8.18. The maximum Gasteiger partial charge on any atom is 0.424 e. The summed E-state index contributed by atoms with van der Waals surface area (Å²) >= 11 is 18.9. The average Bonchev–Trinajstić information content (AvgIpc) is 2.77. The molecule has 9 heteroatoms. The van der Waals surface area contributed by atoms with Crippen LogP contribution in [0.4, 0.5) is 16.2 Å². The lowest BCUT2D eigenvalue weighted by molar-refractivity contribution is 0.210. The summed E-state index contributed by atoms with van der Waals surface area (Å²) < 4.78 is 9.81. The van der Waals surface area contributed by atoms with Crippen LogP contribution in [-0.4, -0.2) is 36.9 Å². The van der Waals surface area contributed by atoms with Crippen molar-refractivity contribution >= 4 is 64.1 Å². The number of benzene rings is 2. The van der Waals surface area contributed by atoms with E-state index in [-0.39, 0.29) is 0 Å². The molecule has 1 fully saturated rings. The smallest absolute Gasteiger partial charge is 0.409 e. The van der Waals surface area contributed by atoms with Gasteiger partial charge < -0.3 is 9.64 Å². The molecule has 5 nitrogen and oxygen atoms in total. The Kier molecular flexibility index (Phi) is 6.85. The van der Waals surface area contributed by atoms with Gasteiger partial charge in [0, 0.05) is 37.9 Å². The topological polar surface area (TPSA) is 36.0 Å². The summed E-state index contributed by atoms with van der Waals surface area (Å²) in [5.74, 6) is 0.569. The fourth-order valence-corrected chi connectivity index (χ4v) is 8.95. The monoisotopic (exact) mass is 497 g/mol. The van der Waals surface area contributed by atoms with Crippen molar-refractivity contribution in [1.29, 1.82) is 0 Å². The van der Waals surface area contributed by atoms with Gasteiger partial charge >= 0.3 is 6.09 Å². The van der Waals surface area contributed by atoms with E-state index >= 15 is 0 Å². The number of fused-ring (bicyclic) bond motifs is 1. The highest BCUT2D eigenvalue weighted by Crippen LogP contribution is 2.59. The molecule has 0 aliphatic carbocycles. The van der Waals surface area contributed by atoms with Crippen molar-refractivity contribution in [2.24, 2.45) is 0 Å². The van der Waals surface area contributed by atoms with Crippen molar-refractivity contribution in [2.75, 3.05) is 35.7 Å². The first-order chi connectivity index (χ1) is 14.9. The van der Waals surface area contributed by atoms with E-state index in [1.807, 2.05) is 6.07 Å². The number of nitrogens with zero attached hydrogens (tertiary/aromatic N) is 3. The second-order valence-corrected chi connectivity index (χ2v) is 12.5. The zero-order chi connectivity index (χ0) is 22.2. The Morgan fingerprint density at radius 2 is 1.74 bits per heavy atom. The molecule has 2 aliphatic rings. The van der Waals surface area contributed by atoms with Crippen LogP contribution >= 0.6 is 29.5 Å². The van der Waals surface area contributed by atoms with Crippen LogP contribution in [0.3, 0.4) is 0 Å². The molecule has 0 saturated carbocycles. The van der Waals surface area contributed by atoms with Gasteiger partial charge in [0.25, 0.3) is 0 Å². The van der Waals surface area contributed by atoms with Gasteiger partial charge in [0.15, 0.2) is 0 Å². The highest BCUT2D eigenvalue weighted by Gasteiger charge is 2.45. The van der Waals surface area contributed by atoms with Crippen LogP contribution in [0, 0.1) is 0 Å². The minimum atomic E-state index is -2.66. The second kappa shape index (κ2) is 9.29. The predicted octanol–water partition coefficient (Wildman–Crippen LogP) is 6.28. The third-order valence-corrected chi connectivity index (χ3v) is 11.5. The van der Waals surface area contributed by atoms with E-state index in [0.717, 1.165) is 50.0 Å². The Hall–Kier alpha value is -1.30. The Balaban J connectivity index is 1.88. The molecule has 31 heavy (non-hydrogen) atoms. The molecule has 1 atom stereocenters. The second-order valence-electron chi connectivity index (χ2n) is 7.66. The molecular weight excluding hydrogens is 472 g/mol. The zero-order valence-electron chi connectivity index (χ0n) is 17.7. The normalized spacial score (nSPS) is 21.5. The van der Waals surface area contributed by atoms with E-state index < -0.39 is 12.4 Å². The predicted molar refractivity (Wildman–Crippen MR) is 134 cm³/mol. The van der Waals surface area contributed by atoms with Gasteiger partial charge in [-0.3, -0.25) is 4.67 Å². The maximum absolute atomic E-state index is 13.4. The van der Waals surface area contributed by atoms with Crippen molar-refractivity contribution in [3.8, 4) is 5.75 Å². The summed E-state index contributed by atoms with van der Waals surface area (Å²) in [6, 6.07) is 11.3. The molecule has 2 aromatic rings. The number of amides is 1. The van der Waals surface area contributed by atoms with Gasteiger partial charge in [0.1, 0.15) is 12.1 Å². The molecule has 4 rings (SSSR count). The van der Waals surface area contributed by atoms with E-state index in [2.05, 4.69) is 35.6 Å². The molecule has 0 spiro atoms. The maximum atomic E-state index is 13.4. The molecule has 2 aliphatic heterocycles. The van der Waals surface area contributed by atoms with Crippen LogP contribution in [-0.2, 0) is 11.8 Å². The molecule has 0 N–H and O–H groups in total. The number of halogens is 2. The highest BCUT2D eigenvalue weighted by atomic mass is 35.5. The van der Waals surface area contributed by atoms with Crippen LogP contribution in [0.1, 0.15) is 33.1 Å². The first-order valence-electron chi connectivity index (χ1n) is 10.6. The number of piperidine rings is 1. The molecule has 0 radical (unpaired) electrons. The third-order valence-electron chi connectivity index (χ3n) is 5.89. The minimum absolute atomic E-state index is 0.384. The number of anilines is 2. The van der Waals surface area contributed by atoms with Crippen LogP contribution in [0.15, 0.2) is 36.4 Å². The summed E-state index contributed by atoms with van der Waals surface area (Å²) in [7, 11) is 0. The van der Waals surface area contributed by atoms with Gasteiger partial charge in [0.05, 0.1) is 21.0 Å². The number of rotatable bonds is 5. The van der Waals surface area contributed by atoms with E-state index in [1.54, 1.807) is 22.9 Å². The van der Waals surface area contributed by atoms with Gasteiger partial charge in [0.2, 0.25) is 0 Å². The van der Waals surface area contributed by atoms with Crippen molar-refractivity contribution in [3.05, 3.63) is 46.4 Å². The van der Waals surface area contributed by atoms with Gasteiger partial charge in [-0.05, 0) is 57.0 Å². The van der Waals surface area contributed by atoms with E-state index in [9.17, 15) is 4.79 Å². The van der Waals surface area contributed by atoms with Crippen LogP contribution in [0.2, 0.25) is 10.0 Å². The molecule has 1 amide bonds. The van der Waals surface area contributed by atoms with Crippen LogP contribution < -0.4 is 19.6 Å². The van der Waals surface area contributed by atoms with Crippen LogP contribution in [0.5, 0.6) is 5.75 Å². The lowest BCUT2D eigenvalue weighted by Gasteiger charge is -2.46. The average molecular weight is 498 g/mol. The van der Waals surface area contributed by atoms with Gasteiger partial charge in [-0.15, -0.1) is 0 Å². The molecule has 1 saturated heterocycles. The number of hydrogen-bond acceptors (Lipinski definition) is 4. The molecule has 2 aromatic carbocycles. The first kappa shape index (κ1) is 22.9. The van der Waals surface area contributed by atoms with E-state index in [0.29, 0.717) is 21.5 Å². The summed E-state index contributed by atoms with van der Waals surface area (Å²) in [6.45, 7) is 7.69. The molecular formula is C22H26Cl2N3O2PS. The molecule has 0 unspecified atom stereocenters. The lowest BCUT2D eigenvalue weighted by atomic mass is 10.2. The fraction of sp³-hybridized carbons (Fsp3) is 0.409. The van der Waals surface area contributed by atoms with Gasteiger partial charge in [-0.1, -0.05) is 41.4 Å². The summed E-state index contributed by atoms with van der Waals surface area (Å²) in [6.07, 6.45) is 0.182. The van der Waals surface area contributed by atoms with Crippen molar-refractivity contribution in [2.45, 2.75) is 33.1 Å². The number of ether oxygens (including phenoxy) is 1. The fourth-order valence-electron chi connectivity index (χ4n) is 4.27. The largest absolute Gasteiger partial charge is 0.424 e. The molecule has 0 bridgehead atoms. The standard InChI is InChI=1S/C22H26Cl2N3O2PS/c1-3-25(4-2)16-9-11-21-20(15-16)29-22(28)27(17-8-10-18(23)19(24)14-17)30(21,31)26-12-6-5-7-13-26/h8-11,14-15H,3-7,12-13H2,1-2H3/t30-/m1/s1. The van der Waals surface area contributed by atoms with Gasteiger partial charge in [-0.25, -0.2) is 9.46 Å². The molecule has 166 valence electrons. The Bertz CT molecular complexity index is 1040. The SMILES string of the molecule is CCN(CC)c1ccc2c(c1)OC(=O)N(c1ccc(Cl)c(Cl)c1)[P@]2(=S)N1CCCCC1. The first-order valence-corrected chi connectivity index (χ1v) is 14.1. The quantitative estimate of drug-likeness (QED) is 0.454. The Morgan fingerprint density at radius 1 is 1.03 bits per heavy atom. The van der Waals surface area contributed by atoms with E-state index in [4.69, 9.17) is 39.7 Å². The number of hydrogen-bond donors (Lipinski definition) is 0. The Morgan fingerprint density at radius 3 is 2.39 bits per heavy atom. The number of carbonyl (C=O) groups excluding carboxylic acids is 1. The van der Waals surface area contributed by atoms with E-state index in [1.165, 1.54) is 6.42 Å². The summed E-state index contributed by atoms with van der Waals surface area (Å²) in [5.41, 5.74) is 1.64. The summed E-state index contributed by atoms with van der Waals surface area (Å²) in [4.78, 5) is 15.6. The van der Waals surface area contributed by atoms with Crippen molar-refractivity contribution in [1.82, 2.24) is 4.67 Å². The van der Waals surface area contributed by atoms with Crippen molar-refractivity contribution in [3.63, 3.8) is 0 Å². The number of carbonyl (C=O) groups is 1. The Labute approximate surface area is 199 Å². The lowest BCUT2D eigenvalue weighted by Crippen LogP contribution is -2.47. The van der Waals surface area contributed by atoms with Gasteiger partial charge in [-0.2, -0.15) is 0 Å². The zero-order valence-corrected chi connectivity index (χ0v) is 20.9. The summed E-state index contributed by atoms with van der Waals surface area (Å²) in [5, 5.41) is 1.73. The third kappa shape index (κ3) is 4.09. The minimum Gasteiger partial charge on any atom is -0.409 e. The molecule has 2 heterocycles.